The molecule has 2 aliphatic rings. The van der Waals surface area contributed by atoms with E-state index in [1.165, 1.54) is 55.4 Å². The molecular weight excluding hydrogens is 400 g/mol. The second kappa shape index (κ2) is 7.11. The monoisotopic (exact) mass is 426 g/mol. The first kappa shape index (κ1) is 18.8. The predicted octanol–water partition coefficient (Wildman–Crippen LogP) is 8.13. The topological polar surface area (TPSA) is 9.86 Å². The molecule has 0 N–H and O–H groups in total. The highest BCUT2D eigenvalue weighted by molar-refractivity contribution is 6.10. The van der Waals surface area contributed by atoms with Gasteiger partial charge in [-0.15, -0.1) is 0 Å². The summed E-state index contributed by atoms with van der Waals surface area (Å²) in [4.78, 5) is 0. The van der Waals surface area contributed by atoms with E-state index in [2.05, 4.69) is 113 Å². The Hall–Kier alpha value is -3.78. The van der Waals surface area contributed by atoms with Crippen LogP contribution < -0.4 is 0 Å². The molecule has 0 spiro atoms. The molecule has 3 aromatic carbocycles. The molecule has 5 aromatic rings. The van der Waals surface area contributed by atoms with Crippen molar-refractivity contribution in [3.05, 3.63) is 102 Å². The highest BCUT2D eigenvalue weighted by Gasteiger charge is 2.23. The summed E-state index contributed by atoms with van der Waals surface area (Å²) in [6.45, 7) is 2.34. The fourth-order valence-corrected chi connectivity index (χ4v) is 5.95. The molecule has 2 aliphatic carbocycles. The molecule has 2 heteroatoms. The third-order valence-corrected chi connectivity index (χ3v) is 7.28. The SMILES string of the molecule is CC1C=C(n2c3ccccc3c3ccccc32)C=C(n2c3c(c4ccccc42)CCC=C3)C1. The number of benzene rings is 3. The maximum Gasteiger partial charge on any atom is 0.0540 e. The van der Waals surface area contributed by atoms with Crippen LogP contribution in [0.15, 0.2) is 91.0 Å². The van der Waals surface area contributed by atoms with E-state index in [1.54, 1.807) is 0 Å². The minimum atomic E-state index is 0.462. The van der Waals surface area contributed by atoms with Crippen molar-refractivity contribution in [2.24, 2.45) is 5.92 Å². The number of para-hydroxylation sites is 3. The highest BCUT2D eigenvalue weighted by atomic mass is 15.0. The maximum absolute atomic E-state index is 2.53. The predicted molar refractivity (Wildman–Crippen MR) is 141 cm³/mol. The average Bonchev–Trinajstić information content (AvgIpc) is 3.37. The third kappa shape index (κ3) is 2.74. The van der Waals surface area contributed by atoms with E-state index in [9.17, 15) is 0 Å². The number of rotatable bonds is 2. The number of hydrogen-bond donors (Lipinski definition) is 0. The molecule has 0 saturated heterocycles. The van der Waals surface area contributed by atoms with Crippen molar-refractivity contribution in [2.45, 2.75) is 26.2 Å². The van der Waals surface area contributed by atoms with Crippen LogP contribution in [0.5, 0.6) is 0 Å². The van der Waals surface area contributed by atoms with Gasteiger partial charge in [-0.1, -0.05) is 73.7 Å². The Labute approximate surface area is 193 Å². The standard InChI is InChI=1S/C31H26N2/c1-21-18-22(32-28-14-6-2-10-24(28)25-11-3-7-15-29(25)32)20-23(19-21)33-30-16-8-4-12-26(30)27-13-5-9-17-31(27)33/h2-4,6-12,14-18,20-21H,5,13,19H2,1H3. The lowest BCUT2D eigenvalue weighted by Gasteiger charge is -2.24. The van der Waals surface area contributed by atoms with Gasteiger partial charge in [-0.2, -0.15) is 0 Å². The molecule has 0 saturated carbocycles. The number of fused-ring (bicyclic) bond motifs is 6. The van der Waals surface area contributed by atoms with E-state index in [4.69, 9.17) is 0 Å². The Morgan fingerprint density at radius 3 is 2.03 bits per heavy atom. The van der Waals surface area contributed by atoms with Crippen LogP contribution >= 0.6 is 0 Å². The largest absolute Gasteiger partial charge is 0.313 e. The van der Waals surface area contributed by atoms with Crippen molar-refractivity contribution in [3.63, 3.8) is 0 Å². The van der Waals surface area contributed by atoms with Crippen molar-refractivity contribution in [1.82, 2.24) is 9.13 Å². The molecule has 2 heterocycles. The van der Waals surface area contributed by atoms with Crippen LogP contribution in [0, 0.1) is 5.92 Å². The number of hydrogen-bond acceptors (Lipinski definition) is 0. The van der Waals surface area contributed by atoms with E-state index in [0.29, 0.717) is 5.92 Å². The fraction of sp³-hybridized carbons (Fsp3) is 0.161. The minimum absolute atomic E-state index is 0.462. The van der Waals surface area contributed by atoms with Gasteiger partial charge in [-0.05, 0) is 61.1 Å². The first-order valence-corrected chi connectivity index (χ1v) is 12.0. The molecule has 0 fully saturated rings. The van der Waals surface area contributed by atoms with Gasteiger partial charge in [0.2, 0.25) is 0 Å². The third-order valence-electron chi connectivity index (χ3n) is 7.28. The fourth-order valence-electron chi connectivity index (χ4n) is 5.95. The lowest BCUT2D eigenvalue weighted by atomic mass is 9.97. The van der Waals surface area contributed by atoms with Crippen LogP contribution in [0.2, 0.25) is 0 Å². The zero-order chi connectivity index (χ0) is 21.9. The van der Waals surface area contributed by atoms with Crippen LogP contribution in [0.25, 0.3) is 50.2 Å². The number of nitrogens with zero attached hydrogens (tertiary/aromatic N) is 2. The van der Waals surface area contributed by atoms with Crippen LogP contribution in [-0.2, 0) is 6.42 Å². The molecule has 0 bridgehead atoms. The second-order valence-corrected chi connectivity index (χ2v) is 9.44. The van der Waals surface area contributed by atoms with E-state index >= 15 is 0 Å². The molecular formula is C31H26N2. The minimum Gasteiger partial charge on any atom is -0.313 e. The van der Waals surface area contributed by atoms with Crippen molar-refractivity contribution in [1.29, 1.82) is 0 Å². The van der Waals surface area contributed by atoms with Crippen LogP contribution in [0.4, 0.5) is 0 Å². The molecule has 2 aromatic heterocycles. The summed E-state index contributed by atoms with van der Waals surface area (Å²) in [6.07, 6.45) is 12.8. The Morgan fingerprint density at radius 1 is 0.727 bits per heavy atom. The zero-order valence-electron chi connectivity index (χ0n) is 18.8. The summed E-state index contributed by atoms with van der Waals surface area (Å²) >= 11 is 0. The van der Waals surface area contributed by atoms with Crippen molar-refractivity contribution in [3.8, 4) is 0 Å². The van der Waals surface area contributed by atoms with E-state index in [0.717, 1.165) is 19.3 Å². The van der Waals surface area contributed by atoms with Crippen molar-refractivity contribution in [2.75, 3.05) is 0 Å². The van der Waals surface area contributed by atoms with Gasteiger partial charge in [-0.3, -0.25) is 0 Å². The molecule has 1 unspecified atom stereocenters. The molecule has 0 amide bonds. The Kier molecular flexibility index (Phi) is 4.04. The van der Waals surface area contributed by atoms with Crippen LogP contribution in [0.3, 0.4) is 0 Å². The van der Waals surface area contributed by atoms with E-state index in [-0.39, 0.29) is 0 Å². The maximum atomic E-state index is 2.53. The highest BCUT2D eigenvalue weighted by Crippen LogP contribution is 2.40. The molecule has 1 atom stereocenters. The van der Waals surface area contributed by atoms with Gasteiger partial charge in [0.05, 0.1) is 16.6 Å². The van der Waals surface area contributed by atoms with Gasteiger partial charge in [0, 0.05) is 33.2 Å². The van der Waals surface area contributed by atoms with Crippen molar-refractivity contribution >= 4 is 50.2 Å². The van der Waals surface area contributed by atoms with Gasteiger partial charge < -0.3 is 9.13 Å². The summed E-state index contributed by atoms with van der Waals surface area (Å²) in [5.41, 5.74) is 9.39. The van der Waals surface area contributed by atoms with Crippen molar-refractivity contribution < 1.29 is 0 Å². The number of allylic oxidation sites excluding steroid dienone is 5. The summed E-state index contributed by atoms with van der Waals surface area (Å²) in [5, 5.41) is 4.03. The lowest BCUT2D eigenvalue weighted by Crippen LogP contribution is -2.11. The molecule has 0 radical (unpaired) electrons. The Balaban J connectivity index is 1.50. The Morgan fingerprint density at radius 2 is 1.33 bits per heavy atom. The van der Waals surface area contributed by atoms with Crippen LogP contribution in [0.1, 0.15) is 31.0 Å². The molecule has 33 heavy (non-hydrogen) atoms. The lowest BCUT2D eigenvalue weighted by molar-refractivity contribution is 0.724. The van der Waals surface area contributed by atoms with Gasteiger partial charge in [-0.25, -0.2) is 0 Å². The smallest absolute Gasteiger partial charge is 0.0540 e. The van der Waals surface area contributed by atoms with Gasteiger partial charge >= 0.3 is 0 Å². The van der Waals surface area contributed by atoms with Gasteiger partial charge in [0.15, 0.2) is 0 Å². The molecule has 0 aliphatic heterocycles. The van der Waals surface area contributed by atoms with E-state index in [1.807, 2.05) is 0 Å². The quantitative estimate of drug-likeness (QED) is 0.270. The van der Waals surface area contributed by atoms with E-state index < -0.39 is 0 Å². The Bertz CT molecular complexity index is 1600. The molecule has 160 valence electrons. The number of aryl methyl sites for hydroxylation is 1. The second-order valence-electron chi connectivity index (χ2n) is 9.44. The van der Waals surface area contributed by atoms with Gasteiger partial charge in [0.1, 0.15) is 0 Å². The van der Waals surface area contributed by atoms with Gasteiger partial charge in [0.25, 0.3) is 0 Å². The zero-order valence-corrected chi connectivity index (χ0v) is 18.8. The first-order valence-electron chi connectivity index (χ1n) is 12.0. The summed E-state index contributed by atoms with van der Waals surface area (Å²) in [7, 11) is 0. The van der Waals surface area contributed by atoms with Crippen LogP contribution in [-0.4, -0.2) is 9.13 Å². The normalized spacial score (nSPS) is 18.0. The number of aromatic nitrogens is 2. The molecule has 7 rings (SSSR count). The first-order chi connectivity index (χ1) is 16.3. The summed E-state index contributed by atoms with van der Waals surface area (Å²) in [6, 6.07) is 26.5. The molecule has 2 nitrogen and oxygen atoms in total. The average molecular weight is 427 g/mol. The summed E-state index contributed by atoms with van der Waals surface area (Å²) < 4.78 is 4.98. The summed E-state index contributed by atoms with van der Waals surface area (Å²) in [5.74, 6) is 0.462.